The second kappa shape index (κ2) is 6.57. The maximum Gasteiger partial charge on any atom is 0.241 e. The minimum Gasteiger partial charge on any atom is -0.496 e. The van der Waals surface area contributed by atoms with E-state index in [1.165, 1.54) is 5.56 Å². The first-order valence-electron chi connectivity index (χ1n) is 8.18. The van der Waals surface area contributed by atoms with Crippen molar-refractivity contribution in [3.8, 4) is 5.75 Å². The third-order valence-corrected chi connectivity index (χ3v) is 6.26. The Labute approximate surface area is 143 Å². The van der Waals surface area contributed by atoms with E-state index in [1.807, 2.05) is 25.1 Å². The van der Waals surface area contributed by atoms with Gasteiger partial charge in [0.05, 0.1) is 12.0 Å². The van der Waals surface area contributed by atoms with Crippen molar-refractivity contribution in [3.63, 3.8) is 0 Å². The molecule has 0 aliphatic heterocycles. The van der Waals surface area contributed by atoms with Gasteiger partial charge in [0, 0.05) is 6.04 Å². The SMILES string of the molecule is COc1cc(C)c(S(=O)(=O)NC2CCCc3ccccc32)cc1C. The van der Waals surface area contributed by atoms with Crippen LogP contribution in [0.5, 0.6) is 5.75 Å². The van der Waals surface area contributed by atoms with Crippen LogP contribution in [0.3, 0.4) is 0 Å². The second-order valence-electron chi connectivity index (χ2n) is 6.35. The number of benzene rings is 2. The van der Waals surface area contributed by atoms with E-state index in [9.17, 15) is 8.42 Å². The molecule has 0 aromatic heterocycles. The number of aryl methyl sites for hydroxylation is 3. The number of fused-ring (bicyclic) bond motifs is 1. The van der Waals surface area contributed by atoms with E-state index in [1.54, 1.807) is 26.2 Å². The van der Waals surface area contributed by atoms with E-state index in [4.69, 9.17) is 4.74 Å². The molecule has 3 rings (SSSR count). The first-order valence-corrected chi connectivity index (χ1v) is 9.66. The highest BCUT2D eigenvalue weighted by atomic mass is 32.2. The number of rotatable bonds is 4. The Morgan fingerprint density at radius 1 is 1.12 bits per heavy atom. The van der Waals surface area contributed by atoms with E-state index in [0.717, 1.165) is 30.4 Å². The molecule has 0 bridgehead atoms. The first kappa shape index (κ1) is 17.0. The summed E-state index contributed by atoms with van der Waals surface area (Å²) in [5.74, 6) is 0.703. The van der Waals surface area contributed by atoms with Crippen molar-refractivity contribution in [1.82, 2.24) is 4.72 Å². The Hall–Kier alpha value is -1.85. The summed E-state index contributed by atoms with van der Waals surface area (Å²) in [6.07, 6.45) is 2.82. The Bertz CT molecular complexity index is 859. The molecule has 0 radical (unpaired) electrons. The fourth-order valence-corrected chi connectivity index (χ4v) is 4.96. The average Bonchev–Trinajstić information content (AvgIpc) is 2.56. The molecule has 5 heteroatoms. The molecule has 1 atom stereocenters. The summed E-state index contributed by atoms with van der Waals surface area (Å²) in [5.41, 5.74) is 3.83. The quantitative estimate of drug-likeness (QED) is 0.920. The van der Waals surface area contributed by atoms with Gasteiger partial charge in [-0.1, -0.05) is 24.3 Å². The van der Waals surface area contributed by atoms with Crippen molar-refractivity contribution >= 4 is 10.0 Å². The molecule has 4 nitrogen and oxygen atoms in total. The predicted octanol–water partition coefficient (Wildman–Crippen LogP) is 3.67. The number of sulfonamides is 1. The van der Waals surface area contributed by atoms with Crippen molar-refractivity contribution < 1.29 is 13.2 Å². The van der Waals surface area contributed by atoms with Gasteiger partial charge in [-0.3, -0.25) is 0 Å². The van der Waals surface area contributed by atoms with Gasteiger partial charge in [-0.2, -0.15) is 0 Å². The summed E-state index contributed by atoms with van der Waals surface area (Å²) in [6, 6.07) is 11.4. The van der Waals surface area contributed by atoms with Gasteiger partial charge in [0.2, 0.25) is 10.0 Å². The monoisotopic (exact) mass is 345 g/mol. The highest BCUT2D eigenvalue weighted by molar-refractivity contribution is 7.89. The average molecular weight is 345 g/mol. The maximum atomic E-state index is 12.9. The molecule has 0 spiro atoms. The summed E-state index contributed by atoms with van der Waals surface area (Å²) in [5, 5.41) is 0. The second-order valence-corrected chi connectivity index (χ2v) is 8.03. The molecule has 128 valence electrons. The molecule has 0 saturated heterocycles. The van der Waals surface area contributed by atoms with E-state index in [-0.39, 0.29) is 6.04 Å². The van der Waals surface area contributed by atoms with E-state index in [0.29, 0.717) is 16.2 Å². The first-order chi connectivity index (χ1) is 11.4. The molecule has 1 N–H and O–H groups in total. The van der Waals surface area contributed by atoms with Crippen LogP contribution in [0.4, 0.5) is 0 Å². The van der Waals surface area contributed by atoms with Gasteiger partial charge in [-0.15, -0.1) is 0 Å². The Morgan fingerprint density at radius 2 is 1.88 bits per heavy atom. The molecular weight excluding hydrogens is 322 g/mol. The Morgan fingerprint density at radius 3 is 2.62 bits per heavy atom. The maximum absolute atomic E-state index is 12.9. The molecule has 1 aliphatic carbocycles. The van der Waals surface area contributed by atoms with Crippen LogP contribution in [0.15, 0.2) is 41.3 Å². The Kier molecular flexibility index (Phi) is 4.65. The van der Waals surface area contributed by atoms with Gasteiger partial charge in [-0.25, -0.2) is 13.1 Å². The smallest absolute Gasteiger partial charge is 0.241 e. The summed E-state index contributed by atoms with van der Waals surface area (Å²) in [6.45, 7) is 3.65. The van der Waals surface area contributed by atoms with Gasteiger partial charge in [0.25, 0.3) is 0 Å². The molecule has 1 aliphatic rings. The van der Waals surface area contributed by atoms with Crippen molar-refractivity contribution in [2.45, 2.75) is 44.0 Å². The third-order valence-electron chi connectivity index (χ3n) is 4.65. The van der Waals surface area contributed by atoms with Crippen LogP contribution in [0.2, 0.25) is 0 Å². The van der Waals surface area contributed by atoms with E-state index in [2.05, 4.69) is 10.8 Å². The number of hydrogen-bond donors (Lipinski definition) is 1. The van der Waals surface area contributed by atoms with Crippen LogP contribution < -0.4 is 9.46 Å². The largest absolute Gasteiger partial charge is 0.496 e. The Balaban J connectivity index is 1.95. The standard InChI is InChI=1S/C19H23NO3S/c1-13-12-19(14(2)11-18(13)23-3)24(21,22)20-17-10-6-8-15-7-4-5-9-16(15)17/h4-5,7,9,11-12,17,20H,6,8,10H2,1-3H3. The minimum atomic E-state index is -3.59. The summed E-state index contributed by atoms with van der Waals surface area (Å²) >= 11 is 0. The zero-order chi connectivity index (χ0) is 17.3. The zero-order valence-corrected chi connectivity index (χ0v) is 15.1. The molecule has 0 saturated carbocycles. The molecule has 0 heterocycles. The van der Waals surface area contributed by atoms with Crippen molar-refractivity contribution in [2.24, 2.45) is 0 Å². The summed E-state index contributed by atoms with van der Waals surface area (Å²) < 4.78 is 34.0. The lowest BCUT2D eigenvalue weighted by Gasteiger charge is -2.26. The van der Waals surface area contributed by atoms with Gasteiger partial charge >= 0.3 is 0 Å². The minimum absolute atomic E-state index is 0.165. The molecule has 0 amide bonds. The van der Waals surface area contributed by atoms with Crippen molar-refractivity contribution in [3.05, 3.63) is 58.7 Å². The van der Waals surface area contributed by atoms with Gasteiger partial charge < -0.3 is 4.74 Å². The molecular formula is C19H23NO3S. The molecule has 2 aromatic carbocycles. The van der Waals surface area contributed by atoms with Gasteiger partial charge in [0.1, 0.15) is 5.75 Å². The molecule has 2 aromatic rings. The number of ether oxygens (including phenoxy) is 1. The van der Waals surface area contributed by atoms with Crippen LogP contribution in [0.1, 0.15) is 41.1 Å². The van der Waals surface area contributed by atoms with Crippen LogP contribution in [-0.4, -0.2) is 15.5 Å². The van der Waals surface area contributed by atoms with E-state index >= 15 is 0 Å². The zero-order valence-electron chi connectivity index (χ0n) is 14.3. The van der Waals surface area contributed by atoms with Gasteiger partial charge in [-0.05, 0) is 67.5 Å². The predicted molar refractivity (Wildman–Crippen MR) is 94.9 cm³/mol. The molecule has 24 heavy (non-hydrogen) atoms. The molecule has 0 fully saturated rings. The lowest BCUT2D eigenvalue weighted by Crippen LogP contribution is -2.31. The van der Waals surface area contributed by atoms with Crippen molar-refractivity contribution in [2.75, 3.05) is 7.11 Å². The van der Waals surface area contributed by atoms with E-state index < -0.39 is 10.0 Å². The lowest BCUT2D eigenvalue weighted by molar-refractivity contribution is 0.411. The highest BCUT2D eigenvalue weighted by Crippen LogP contribution is 2.32. The normalized spacial score (nSPS) is 17.4. The van der Waals surface area contributed by atoms with Crippen LogP contribution in [-0.2, 0) is 16.4 Å². The number of nitrogens with one attached hydrogen (secondary N) is 1. The highest BCUT2D eigenvalue weighted by Gasteiger charge is 2.27. The van der Waals surface area contributed by atoms with Crippen LogP contribution in [0, 0.1) is 13.8 Å². The number of methoxy groups -OCH3 is 1. The van der Waals surface area contributed by atoms with Crippen LogP contribution in [0.25, 0.3) is 0 Å². The summed E-state index contributed by atoms with van der Waals surface area (Å²) in [4.78, 5) is 0.323. The van der Waals surface area contributed by atoms with Crippen LogP contribution >= 0.6 is 0 Å². The molecule has 1 unspecified atom stereocenters. The number of hydrogen-bond acceptors (Lipinski definition) is 3. The summed E-state index contributed by atoms with van der Waals surface area (Å²) in [7, 11) is -2.00. The fraction of sp³-hybridized carbons (Fsp3) is 0.368. The van der Waals surface area contributed by atoms with Crippen molar-refractivity contribution in [1.29, 1.82) is 0 Å². The fourth-order valence-electron chi connectivity index (χ4n) is 3.40. The topological polar surface area (TPSA) is 55.4 Å². The van der Waals surface area contributed by atoms with Gasteiger partial charge in [0.15, 0.2) is 0 Å². The lowest BCUT2D eigenvalue weighted by atomic mass is 9.88. The third kappa shape index (κ3) is 3.19.